The summed E-state index contributed by atoms with van der Waals surface area (Å²) < 4.78 is 26.0. The van der Waals surface area contributed by atoms with Crippen LogP contribution in [0, 0.1) is 0 Å². The minimum Gasteiger partial charge on any atom is -0.348 e. The smallest absolute Gasteiger partial charge is 0.317 e. The van der Waals surface area contributed by atoms with Crippen LogP contribution in [0.2, 0.25) is 0 Å². The van der Waals surface area contributed by atoms with E-state index in [4.69, 9.17) is 0 Å². The van der Waals surface area contributed by atoms with E-state index in [9.17, 15) is 22.8 Å². The summed E-state index contributed by atoms with van der Waals surface area (Å²) in [5.74, 6) is -0.270. The number of amides is 1. The molecule has 0 spiro atoms. The molecule has 1 saturated heterocycles. The molecule has 0 unspecified atom stereocenters. The molecule has 9 heteroatoms. The van der Waals surface area contributed by atoms with Gasteiger partial charge in [-0.2, -0.15) is 0 Å². The van der Waals surface area contributed by atoms with Crippen molar-refractivity contribution in [3.8, 4) is 0 Å². The van der Waals surface area contributed by atoms with Crippen LogP contribution in [-0.2, 0) is 22.9 Å². The Hall–Kier alpha value is -3.20. The number of benzene rings is 2. The summed E-state index contributed by atoms with van der Waals surface area (Å²) in [5, 5.41) is 2.76. The van der Waals surface area contributed by atoms with E-state index in [2.05, 4.69) is 5.32 Å². The fourth-order valence-electron chi connectivity index (χ4n) is 3.96. The largest absolute Gasteiger partial charge is 0.348 e. The summed E-state index contributed by atoms with van der Waals surface area (Å²) in [7, 11) is -3.07. The van der Waals surface area contributed by atoms with E-state index >= 15 is 0 Å². The first-order valence-electron chi connectivity index (χ1n) is 10.1. The van der Waals surface area contributed by atoms with Gasteiger partial charge in [-0.3, -0.25) is 19.0 Å². The Morgan fingerprint density at radius 2 is 1.61 bits per heavy atom. The van der Waals surface area contributed by atoms with Gasteiger partial charge >= 0.3 is 11.1 Å². The van der Waals surface area contributed by atoms with E-state index in [1.807, 2.05) is 25.1 Å². The molecule has 162 valence electrons. The number of rotatable bonds is 5. The van der Waals surface area contributed by atoms with Crippen LogP contribution in [0.1, 0.15) is 29.3 Å². The zero-order valence-electron chi connectivity index (χ0n) is 17.1. The number of nitrogens with zero attached hydrogens (tertiary/aromatic N) is 2. The summed E-state index contributed by atoms with van der Waals surface area (Å²) in [6.45, 7) is 2.42. The molecule has 1 amide bonds. The van der Waals surface area contributed by atoms with E-state index in [1.54, 1.807) is 30.3 Å². The van der Waals surface area contributed by atoms with Gasteiger partial charge in [0.15, 0.2) is 9.84 Å². The summed E-state index contributed by atoms with van der Waals surface area (Å²) >= 11 is 0. The molecule has 0 bridgehead atoms. The van der Waals surface area contributed by atoms with E-state index in [-0.39, 0.29) is 30.0 Å². The lowest BCUT2D eigenvalue weighted by Crippen LogP contribution is -2.41. The van der Waals surface area contributed by atoms with Crippen molar-refractivity contribution >= 4 is 26.8 Å². The quantitative estimate of drug-likeness (QED) is 0.598. The molecule has 1 aliphatic heterocycles. The molecule has 1 aliphatic rings. The molecule has 1 atom stereocenters. The number of nitrogens with one attached hydrogen (secondary N) is 1. The molecule has 1 aromatic heterocycles. The van der Waals surface area contributed by atoms with Gasteiger partial charge in [-0.05, 0) is 43.2 Å². The van der Waals surface area contributed by atoms with Gasteiger partial charge in [0.25, 0.3) is 5.91 Å². The first-order chi connectivity index (χ1) is 14.8. The van der Waals surface area contributed by atoms with Gasteiger partial charge < -0.3 is 9.88 Å². The third-order valence-corrected chi connectivity index (χ3v) is 7.35. The Kier molecular flexibility index (Phi) is 5.53. The average Bonchev–Trinajstić information content (AvgIpc) is 3.10. The van der Waals surface area contributed by atoms with Crippen molar-refractivity contribution in [1.29, 1.82) is 0 Å². The Balaban J connectivity index is 1.58. The molecule has 2 heterocycles. The normalized spacial score (nSPS) is 17.6. The zero-order valence-corrected chi connectivity index (χ0v) is 17.9. The lowest BCUT2D eigenvalue weighted by atomic mass is 10.1. The number of fused-ring (bicyclic) bond motifs is 1. The fraction of sp³-hybridized carbons (Fsp3) is 0.318. The van der Waals surface area contributed by atoms with Crippen LogP contribution in [0.15, 0.2) is 58.1 Å². The molecular formula is C22H23N3O5S. The molecule has 31 heavy (non-hydrogen) atoms. The van der Waals surface area contributed by atoms with Crippen LogP contribution >= 0.6 is 0 Å². The number of aromatic nitrogens is 2. The highest BCUT2D eigenvalue weighted by Crippen LogP contribution is 2.15. The van der Waals surface area contributed by atoms with Crippen molar-refractivity contribution in [3.63, 3.8) is 0 Å². The van der Waals surface area contributed by atoms with Crippen LogP contribution in [0.25, 0.3) is 11.0 Å². The third-order valence-electron chi connectivity index (χ3n) is 5.58. The summed E-state index contributed by atoms with van der Waals surface area (Å²) in [4.78, 5) is 37.6. The molecule has 0 aliphatic carbocycles. The molecule has 8 nitrogen and oxygen atoms in total. The third kappa shape index (κ3) is 4.18. The molecule has 0 radical (unpaired) electrons. The topological polar surface area (TPSA) is 107 Å². The van der Waals surface area contributed by atoms with Crippen LogP contribution in [-0.4, -0.2) is 41.0 Å². The van der Waals surface area contributed by atoms with Gasteiger partial charge in [-0.25, -0.2) is 8.42 Å². The van der Waals surface area contributed by atoms with Crippen molar-refractivity contribution in [2.24, 2.45) is 0 Å². The Morgan fingerprint density at radius 3 is 2.19 bits per heavy atom. The van der Waals surface area contributed by atoms with Gasteiger partial charge in [0.05, 0.1) is 29.1 Å². The highest BCUT2D eigenvalue weighted by Gasteiger charge is 2.29. The second-order valence-electron chi connectivity index (χ2n) is 7.70. The highest BCUT2D eigenvalue weighted by atomic mass is 32.2. The minimum absolute atomic E-state index is 0.0316. The average molecular weight is 442 g/mol. The minimum atomic E-state index is -3.07. The maximum absolute atomic E-state index is 12.7. The van der Waals surface area contributed by atoms with Gasteiger partial charge in [0.2, 0.25) is 0 Å². The van der Waals surface area contributed by atoms with Crippen molar-refractivity contribution in [2.75, 3.05) is 11.5 Å². The Labute approximate surface area is 179 Å². The number of para-hydroxylation sites is 2. The number of sulfone groups is 1. The SMILES string of the molecule is CCn1c(=O)c(=O)n(Cc2ccc(C(=O)N[C@@H]3CCS(=O)(=O)C3)cc2)c2ccccc21. The van der Waals surface area contributed by atoms with E-state index in [0.717, 1.165) is 5.56 Å². The molecule has 1 fully saturated rings. The van der Waals surface area contributed by atoms with Crippen LogP contribution in [0.3, 0.4) is 0 Å². The molecular weight excluding hydrogens is 418 g/mol. The number of hydrogen-bond donors (Lipinski definition) is 1. The van der Waals surface area contributed by atoms with E-state index in [1.165, 1.54) is 9.13 Å². The maximum atomic E-state index is 12.7. The lowest BCUT2D eigenvalue weighted by Gasteiger charge is -2.14. The monoisotopic (exact) mass is 441 g/mol. The second-order valence-corrected chi connectivity index (χ2v) is 9.93. The fourth-order valence-corrected chi connectivity index (χ4v) is 5.64. The number of hydrogen-bond acceptors (Lipinski definition) is 5. The highest BCUT2D eigenvalue weighted by molar-refractivity contribution is 7.91. The van der Waals surface area contributed by atoms with E-state index in [0.29, 0.717) is 29.6 Å². The summed E-state index contributed by atoms with van der Waals surface area (Å²) in [6, 6.07) is 13.6. The predicted octanol–water partition coefficient (Wildman–Crippen LogP) is 1.15. The number of carbonyl (C=O) groups is 1. The van der Waals surface area contributed by atoms with Gasteiger partial charge in [-0.1, -0.05) is 24.3 Å². The maximum Gasteiger partial charge on any atom is 0.317 e. The zero-order chi connectivity index (χ0) is 22.2. The summed E-state index contributed by atoms with van der Waals surface area (Å²) in [6.07, 6.45) is 0.422. The molecule has 1 N–H and O–H groups in total. The standard InChI is InChI=1S/C22H23N3O5S/c1-2-24-18-5-3-4-6-19(18)25(22(28)21(24)27)13-15-7-9-16(10-8-15)20(26)23-17-11-12-31(29,30)14-17/h3-10,17H,2,11-14H2,1H3,(H,23,26)/t17-/m1/s1. The van der Waals surface area contributed by atoms with Crippen molar-refractivity contribution < 1.29 is 13.2 Å². The summed E-state index contributed by atoms with van der Waals surface area (Å²) in [5.41, 5.74) is 1.37. The van der Waals surface area contributed by atoms with Gasteiger partial charge in [0, 0.05) is 18.2 Å². The van der Waals surface area contributed by atoms with Crippen LogP contribution < -0.4 is 16.4 Å². The predicted molar refractivity (Wildman–Crippen MR) is 118 cm³/mol. The Morgan fingerprint density at radius 1 is 1.00 bits per heavy atom. The lowest BCUT2D eigenvalue weighted by molar-refractivity contribution is 0.0941. The first-order valence-corrected chi connectivity index (χ1v) is 11.9. The number of carbonyl (C=O) groups excluding carboxylic acids is 1. The van der Waals surface area contributed by atoms with Crippen molar-refractivity contribution in [2.45, 2.75) is 32.5 Å². The van der Waals surface area contributed by atoms with Gasteiger partial charge in [0.1, 0.15) is 0 Å². The molecule has 3 aromatic rings. The van der Waals surface area contributed by atoms with Gasteiger partial charge in [-0.15, -0.1) is 0 Å². The van der Waals surface area contributed by atoms with E-state index < -0.39 is 21.0 Å². The van der Waals surface area contributed by atoms with Crippen LogP contribution in [0.5, 0.6) is 0 Å². The van der Waals surface area contributed by atoms with Crippen LogP contribution in [0.4, 0.5) is 0 Å². The van der Waals surface area contributed by atoms with Crippen molar-refractivity contribution in [3.05, 3.63) is 80.4 Å². The molecule has 4 rings (SSSR count). The molecule has 0 saturated carbocycles. The second kappa shape index (κ2) is 8.14. The molecule has 2 aromatic carbocycles. The number of aryl methyl sites for hydroxylation is 1. The first kappa shape index (κ1) is 21.0. The Bertz CT molecular complexity index is 1370. The van der Waals surface area contributed by atoms with Crippen molar-refractivity contribution in [1.82, 2.24) is 14.5 Å².